The molecule has 0 aliphatic rings. The van der Waals surface area contributed by atoms with E-state index in [-0.39, 0.29) is 24.9 Å². The topological polar surface area (TPSA) is 78.1 Å². The minimum atomic E-state index is -0.333. The van der Waals surface area contributed by atoms with Gasteiger partial charge in [-0.05, 0) is 36.4 Å². The highest BCUT2D eigenvalue weighted by molar-refractivity contribution is 7.18. The number of para-hydroxylation sites is 1. The van der Waals surface area contributed by atoms with E-state index in [1.807, 2.05) is 24.3 Å². The van der Waals surface area contributed by atoms with Crippen LogP contribution in [0.3, 0.4) is 0 Å². The molecule has 0 aliphatic heterocycles. The molecule has 0 radical (unpaired) electrons. The van der Waals surface area contributed by atoms with E-state index in [1.165, 1.54) is 0 Å². The quantitative estimate of drug-likeness (QED) is 0.438. The summed E-state index contributed by atoms with van der Waals surface area (Å²) < 4.78 is 11.4. The average Bonchev–Trinajstić information content (AvgIpc) is 3.32. The van der Waals surface area contributed by atoms with Crippen molar-refractivity contribution in [3.8, 4) is 11.4 Å². The van der Waals surface area contributed by atoms with Crippen molar-refractivity contribution in [1.82, 2.24) is 15.1 Å². The number of benzene rings is 2. The van der Waals surface area contributed by atoms with Gasteiger partial charge in [-0.15, -0.1) is 11.3 Å². The zero-order valence-corrected chi connectivity index (χ0v) is 15.7. The van der Waals surface area contributed by atoms with Gasteiger partial charge >= 0.3 is 5.97 Å². The molecule has 6 nitrogen and oxygen atoms in total. The van der Waals surface area contributed by atoms with Crippen LogP contribution in [0.15, 0.2) is 53.1 Å². The number of halogens is 1. The van der Waals surface area contributed by atoms with Crippen LogP contribution in [-0.2, 0) is 22.6 Å². The Morgan fingerprint density at radius 3 is 2.74 bits per heavy atom. The number of nitrogens with zero attached hydrogens (tertiary/aromatic N) is 3. The normalized spacial score (nSPS) is 11.0. The van der Waals surface area contributed by atoms with Crippen LogP contribution in [0, 0.1) is 0 Å². The highest BCUT2D eigenvalue weighted by Gasteiger charge is 2.12. The summed E-state index contributed by atoms with van der Waals surface area (Å²) in [7, 11) is 0. The van der Waals surface area contributed by atoms with Crippen molar-refractivity contribution in [1.29, 1.82) is 0 Å². The average molecular weight is 400 g/mol. The standard InChI is InChI=1S/C19H14ClN3O3S/c20-13-7-5-12(6-8-13)19-22-16(26-23-19)11-25-18(24)10-9-17-21-14-3-1-2-4-15(14)27-17/h1-8H,9-11H2. The van der Waals surface area contributed by atoms with Crippen LogP contribution in [-0.4, -0.2) is 21.1 Å². The molecule has 0 amide bonds. The zero-order chi connectivity index (χ0) is 18.6. The largest absolute Gasteiger partial charge is 0.456 e. The molecule has 4 aromatic rings. The maximum Gasteiger partial charge on any atom is 0.306 e. The predicted octanol–water partition coefficient (Wildman–Crippen LogP) is 4.68. The molecule has 0 saturated heterocycles. The third kappa shape index (κ3) is 4.32. The van der Waals surface area contributed by atoms with Gasteiger partial charge in [-0.3, -0.25) is 4.79 Å². The minimum absolute atomic E-state index is 0.0563. The maximum absolute atomic E-state index is 12.0. The van der Waals surface area contributed by atoms with Gasteiger partial charge in [-0.1, -0.05) is 28.9 Å². The number of ether oxygens (including phenoxy) is 1. The lowest BCUT2D eigenvalue weighted by atomic mass is 10.2. The smallest absolute Gasteiger partial charge is 0.306 e. The Morgan fingerprint density at radius 2 is 1.93 bits per heavy atom. The van der Waals surface area contributed by atoms with Crippen LogP contribution < -0.4 is 0 Å². The first-order valence-electron chi connectivity index (χ1n) is 8.26. The molecular formula is C19H14ClN3O3S. The van der Waals surface area contributed by atoms with Gasteiger partial charge in [0.25, 0.3) is 5.89 Å². The van der Waals surface area contributed by atoms with E-state index in [1.54, 1.807) is 35.6 Å². The monoisotopic (exact) mass is 399 g/mol. The highest BCUT2D eigenvalue weighted by Crippen LogP contribution is 2.23. The first-order valence-corrected chi connectivity index (χ1v) is 9.45. The number of aromatic nitrogens is 3. The fraction of sp³-hybridized carbons (Fsp3) is 0.158. The van der Waals surface area contributed by atoms with Crippen LogP contribution in [0.25, 0.3) is 21.6 Å². The van der Waals surface area contributed by atoms with Crippen LogP contribution in [0.2, 0.25) is 5.02 Å². The fourth-order valence-electron chi connectivity index (χ4n) is 2.48. The second-order valence-electron chi connectivity index (χ2n) is 5.75. The van der Waals surface area contributed by atoms with Gasteiger partial charge in [-0.25, -0.2) is 4.98 Å². The van der Waals surface area contributed by atoms with E-state index in [4.69, 9.17) is 20.9 Å². The summed E-state index contributed by atoms with van der Waals surface area (Å²) in [5.74, 6) is 0.334. The SMILES string of the molecule is O=C(CCc1nc2ccccc2s1)OCc1nc(-c2ccc(Cl)cc2)no1. The molecule has 2 aromatic heterocycles. The van der Waals surface area contributed by atoms with Gasteiger partial charge in [0.2, 0.25) is 5.82 Å². The van der Waals surface area contributed by atoms with Crippen molar-refractivity contribution in [2.24, 2.45) is 0 Å². The Morgan fingerprint density at radius 1 is 1.11 bits per heavy atom. The van der Waals surface area contributed by atoms with E-state index >= 15 is 0 Å². The fourth-order valence-corrected chi connectivity index (χ4v) is 3.57. The molecule has 0 saturated carbocycles. The minimum Gasteiger partial charge on any atom is -0.456 e. The molecule has 4 rings (SSSR count). The molecular weight excluding hydrogens is 386 g/mol. The molecule has 2 heterocycles. The van der Waals surface area contributed by atoms with Crippen molar-refractivity contribution in [2.75, 3.05) is 0 Å². The Labute approximate surface area is 163 Å². The summed E-state index contributed by atoms with van der Waals surface area (Å²) in [5.41, 5.74) is 1.73. The number of aryl methyl sites for hydroxylation is 1. The molecule has 0 N–H and O–H groups in total. The second kappa shape index (κ2) is 7.85. The molecule has 0 bridgehead atoms. The number of fused-ring (bicyclic) bond motifs is 1. The van der Waals surface area contributed by atoms with Gasteiger partial charge in [0.15, 0.2) is 6.61 Å². The van der Waals surface area contributed by atoms with Crippen LogP contribution in [0.4, 0.5) is 0 Å². The van der Waals surface area contributed by atoms with Crippen molar-refractivity contribution >= 4 is 39.1 Å². The molecule has 0 unspecified atom stereocenters. The summed E-state index contributed by atoms with van der Waals surface area (Å²) in [6, 6.07) is 15.0. The third-order valence-corrected chi connectivity index (χ3v) is 5.16. The summed E-state index contributed by atoms with van der Waals surface area (Å²) in [6.07, 6.45) is 0.788. The second-order valence-corrected chi connectivity index (χ2v) is 7.31. The van der Waals surface area contributed by atoms with E-state index < -0.39 is 0 Å². The molecule has 0 aliphatic carbocycles. The first-order chi connectivity index (χ1) is 13.2. The van der Waals surface area contributed by atoms with E-state index in [0.29, 0.717) is 17.3 Å². The summed E-state index contributed by atoms with van der Waals surface area (Å²) in [5, 5.41) is 5.43. The highest BCUT2D eigenvalue weighted by atomic mass is 35.5. The summed E-state index contributed by atoms with van der Waals surface area (Å²) >= 11 is 7.45. The number of thiazole rings is 1. The van der Waals surface area contributed by atoms with Gasteiger partial charge in [0.05, 0.1) is 21.6 Å². The van der Waals surface area contributed by atoms with Crippen molar-refractivity contribution in [3.05, 3.63) is 64.5 Å². The van der Waals surface area contributed by atoms with Gasteiger partial charge < -0.3 is 9.26 Å². The van der Waals surface area contributed by atoms with E-state index in [0.717, 1.165) is 20.8 Å². The van der Waals surface area contributed by atoms with Crippen molar-refractivity contribution < 1.29 is 14.1 Å². The molecule has 27 heavy (non-hydrogen) atoms. The summed E-state index contributed by atoms with van der Waals surface area (Å²) in [4.78, 5) is 20.7. The molecule has 136 valence electrons. The van der Waals surface area contributed by atoms with Crippen molar-refractivity contribution in [2.45, 2.75) is 19.4 Å². The third-order valence-electron chi connectivity index (χ3n) is 3.81. The number of rotatable bonds is 6. The van der Waals surface area contributed by atoms with Gasteiger partial charge in [0.1, 0.15) is 0 Å². The maximum atomic E-state index is 12.0. The molecule has 0 spiro atoms. The molecule has 8 heteroatoms. The number of carbonyl (C=O) groups excluding carboxylic acids is 1. The number of carbonyl (C=O) groups is 1. The lowest BCUT2D eigenvalue weighted by Gasteiger charge is -2.00. The van der Waals surface area contributed by atoms with Crippen molar-refractivity contribution in [3.63, 3.8) is 0 Å². The zero-order valence-electron chi connectivity index (χ0n) is 14.1. The van der Waals surface area contributed by atoms with Crippen LogP contribution in [0.1, 0.15) is 17.3 Å². The van der Waals surface area contributed by atoms with E-state index in [2.05, 4.69) is 15.1 Å². The Balaban J connectivity index is 1.29. The van der Waals surface area contributed by atoms with Gasteiger partial charge in [-0.2, -0.15) is 4.98 Å². The Hall–Kier alpha value is -2.77. The lowest BCUT2D eigenvalue weighted by Crippen LogP contribution is -2.06. The predicted molar refractivity (Wildman–Crippen MR) is 102 cm³/mol. The Kier molecular flexibility index (Phi) is 5.13. The van der Waals surface area contributed by atoms with Gasteiger partial charge in [0, 0.05) is 17.0 Å². The molecule has 0 atom stereocenters. The van der Waals surface area contributed by atoms with E-state index in [9.17, 15) is 4.79 Å². The first kappa shape index (κ1) is 17.6. The van der Waals surface area contributed by atoms with Crippen LogP contribution in [0.5, 0.6) is 0 Å². The molecule has 2 aromatic carbocycles. The summed E-state index contributed by atoms with van der Waals surface area (Å²) in [6.45, 7) is -0.0563. The molecule has 0 fully saturated rings. The number of hydrogen-bond acceptors (Lipinski definition) is 7. The lowest BCUT2D eigenvalue weighted by molar-refractivity contribution is -0.145. The number of esters is 1. The Bertz CT molecular complexity index is 1040. The number of hydrogen-bond donors (Lipinski definition) is 0. The van der Waals surface area contributed by atoms with Crippen LogP contribution >= 0.6 is 22.9 Å².